The van der Waals surface area contributed by atoms with Gasteiger partial charge in [-0.2, -0.15) is 9.97 Å². The maximum Gasteiger partial charge on any atom is 0.229 e. The van der Waals surface area contributed by atoms with E-state index in [1.165, 1.54) is 0 Å². The van der Waals surface area contributed by atoms with E-state index in [1.54, 1.807) is 11.3 Å². The van der Waals surface area contributed by atoms with Gasteiger partial charge in [0.25, 0.3) is 0 Å². The van der Waals surface area contributed by atoms with Crippen molar-refractivity contribution in [2.24, 2.45) is 0 Å². The molecule has 24 heavy (non-hydrogen) atoms. The fraction of sp³-hybridized carbons (Fsp3) is 0.688. The molecule has 4 rings (SSSR count). The average molecular weight is 349 g/mol. The Morgan fingerprint density at radius 2 is 1.62 bits per heavy atom. The number of aryl methyl sites for hydroxylation is 1. The van der Waals surface area contributed by atoms with Gasteiger partial charge in [0, 0.05) is 13.1 Å². The number of rotatable bonds is 2. The van der Waals surface area contributed by atoms with Gasteiger partial charge in [-0.1, -0.05) is 11.3 Å². The summed E-state index contributed by atoms with van der Waals surface area (Å²) in [5.74, 6) is 1.73. The van der Waals surface area contributed by atoms with Gasteiger partial charge in [0.2, 0.25) is 5.95 Å². The first-order valence-corrected chi connectivity index (χ1v) is 9.29. The molecule has 2 saturated heterocycles. The lowest BCUT2D eigenvalue weighted by Gasteiger charge is -2.36. The molecule has 2 aromatic heterocycles. The number of anilines is 2. The van der Waals surface area contributed by atoms with Gasteiger partial charge in [0.15, 0.2) is 10.6 Å². The van der Waals surface area contributed by atoms with Gasteiger partial charge < -0.3 is 19.3 Å². The van der Waals surface area contributed by atoms with Crippen LogP contribution in [0.5, 0.6) is 0 Å². The summed E-state index contributed by atoms with van der Waals surface area (Å²) in [6, 6.07) is 0.564. The third kappa shape index (κ3) is 2.82. The molecule has 2 atom stereocenters. The van der Waals surface area contributed by atoms with Crippen LogP contribution in [-0.2, 0) is 9.47 Å². The standard InChI is InChI=1S/C16H23N5O2S/c1-10-8-22-6-4-20(10)14-13-15(24-12(3)17-13)19-16(18-14)21-5-7-23-9-11(21)2/h10-11H,4-9H2,1-3H3/t10-,11+/m1/s1. The molecule has 0 bridgehead atoms. The van der Waals surface area contributed by atoms with E-state index in [4.69, 9.17) is 24.4 Å². The van der Waals surface area contributed by atoms with Crippen LogP contribution in [-0.4, -0.2) is 66.6 Å². The largest absolute Gasteiger partial charge is 0.377 e. The van der Waals surface area contributed by atoms with E-state index < -0.39 is 0 Å². The van der Waals surface area contributed by atoms with Crippen LogP contribution in [0.15, 0.2) is 0 Å². The quantitative estimate of drug-likeness (QED) is 0.820. The minimum atomic E-state index is 0.278. The van der Waals surface area contributed by atoms with Gasteiger partial charge in [0.05, 0.1) is 43.5 Å². The second kappa shape index (κ2) is 6.42. The molecule has 8 heteroatoms. The van der Waals surface area contributed by atoms with E-state index in [2.05, 4.69) is 23.6 Å². The Balaban J connectivity index is 1.81. The molecule has 7 nitrogen and oxygen atoms in total. The molecular formula is C16H23N5O2S. The summed E-state index contributed by atoms with van der Waals surface area (Å²) in [6.45, 7) is 10.9. The van der Waals surface area contributed by atoms with Crippen LogP contribution in [0.3, 0.4) is 0 Å². The number of hydrogen-bond donors (Lipinski definition) is 0. The molecule has 2 fully saturated rings. The van der Waals surface area contributed by atoms with Crippen LogP contribution in [0.25, 0.3) is 10.3 Å². The van der Waals surface area contributed by atoms with Gasteiger partial charge in [-0.25, -0.2) is 4.98 Å². The minimum absolute atomic E-state index is 0.278. The van der Waals surface area contributed by atoms with E-state index in [0.29, 0.717) is 6.61 Å². The summed E-state index contributed by atoms with van der Waals surface area (Å²) < 4.78 is 11.1. The van der Waals surface area contributed by atoms with Crippen LogP contribution < -0.4 is 9.80 Å². The lowest BCUT2D eigenvalue weighted by Crippen LogP contribution is -2.46. The summed E-state index contributed by atoms with van der Waals surface area (Å²) >= 11 is 1.63. The Morgan fingerprint density at radius 1 is 0.958 bits per heavy atom. The number of hydrogen-bond acceptors (Lipinski definition) is 8. The molecule has 2 aliphatic rings. The maximum atomic E-state index is 5.58. The first-order chi connectivity index (χ1) is 11.6. The summed E-state index contributed by atoms with van der Waals surface area (Å²) in [4.78, 5) is 20.0. The zero-order chi connectivity index (χ0) is 16.7. The Morgan fingerprint density at radius 3 is 2.29 bits per heavy atom. The lowest BCUT2D eigenvalue weighted by molar-refractivity contribution is 0.0973. The summed E-state index contributed by atoms with van der Waals surface area (Å²) in [7, 11) is 0. The van der Waals surface area contributed by atoms with E-state index in [0.717, 1.165) is 60.0 Å². The molecule has 2 aromatic rings. The van der Waals surface area contributed by atoms with Crippen LogP contribution in [0.4, 0.5) is 11.8 Å². The lowest BCUT2D eigenvalue weighted by atomic mass is 10.2. The van der Waals surface area contributed by atoms with E-state index in [1.807, 2.05) is 6.92 Å². The van der Waals surface area contributed by atoms with Crippen molar-refractivity contribution >= 4 is 33.5 Å². The number of morpholine rings is 2. The van der Waals surface area contributed by atoms with Crippen molar-refractivity contribution in [3.8, 4) is 0 Å². The molecule has 0 spiro atoms. The number of aromatic nitrogens is 3. The highest BCUT2D eigenvalue weighted by Crippen LogP contribution is 2.32. The van der Waals surface area contributed by atoms with E-state index in [-0.39, 0.29) is 12.1 Å². The van der Waals surface area contributed by atoms with Crippen molar-refractivity contribution in [3.63, 3.8) is 0 Å². The number of fused-ring (bicyclic) bond motifs is 1. The van der Waals surface area contributed by atoms with E-state index >= 15 is 0 Å². The third-order valence-electron chi connectivity index (χ3n) is 4.60. The zero-order valence-electron chi connectivity index (χ0n) is 14.4. The molecule has 0 aromatic carbocycles. The zero-order valence-corrected chi connectivity index (χ0v) is 15.2. The molecule has 0 radical (unpaired) electrons. The number of thiazole rings is 1. The van der Waals surface area contributed by atoms with Crippen molar-refractivity contribution in [2.45, 2.75) is 32.9 Å². The average Bonchev–Trinajstić information content (AvgIpc) is 2.95. The van der Waals surface area contributed by atoms with Gasteiger partial charge in [-0.3, -0.25) is 0 Å². The number of nitrogens with zero attached hydrogens (tertiary/aromatic N) is 5. The van der Waals surface area contributed by atoms with Crippen LogP contribution in [0, 0.1) is 6.92 Å². The highest BCUT2D eigenvalue weighted by atomic mass is 32.1. The van der Waals surface area contributed by atoms with Crippen LogP contribution in [0.2, 0.25) is 0 Å². The second-order valence-electron chi connectivity index (χ2n) is 6.47. The van der Waals surface area contributed by atoms with Crippen molar-refractivity contribution in [1.29, 1.82) is 0 Å². The topological polar surface area (TPSA) is 63.6 Å². The summed E-state index contributed by atoms with van der Waals surface area (Å²) in [5.41, 5.74) is 0.913. The molecule has 4 heterocycles. The molecule has 2 aliphatic heterocycles. The summed E-state index contributed by atoms with van der Waals surface area (Å²) in [6.07, 6.45) is 0. The van der Waals surface area contributed by atoms with Crippen LogP contribution in [0.1, 0.15) is 18.9 Å². The van der Waals surface area contributed by atoms with Gasteiger partial charge in [-0.05, 0) is 20.8 Å². The molecule has 0 N–H and O–H groups in total. The Kier molecular flexibility index (Phi) is 4.28. The Hall–Kier alpha value is -1.51. The predicted octanol–water partition coefficient (Wildman–Crippen LogP) is 1.84. The maximum absolute atomic E-state index is 5.58. The fourth-order valence-electron chi connectivity index (χ4n) is 3.30. The fourth-order valence-corrected chi connectivity index (χ4v) is 4.07. The van der Waals surface area contributed by atoms with Crippen LogP contribution >= 0.6 is 11.3 Å². The van der Waals surface area contributed by atoms with E-state index in [9.17, 15) is 0 Å². The van der Waals surface area contributed by atoms with Crippen molar-refractivity contribution < 1.29 is 9.47 Å². The van der Waals surface area contributed by atoms with Gasteiger partial charge in [-0.15, -0.1) is 0 Å². The molecule has 0 unspecified atom stereocenters. The van der Waals surface area contributed by atoms with Crippen molar-refractivity contribution in [2.75, 3.05) is 49.3 Å². The molecule has 130 valence electrons. The third-order valence-corrected chi connectivity index (χ3v) is 5.46. The molecule has 0 amide bonds. The van der Waals surface area contributed by atoms with Gasteiger partial charge >= 0.3 is 0 Å². The predicted molar refractivity (Wildman–Crippen MR) is 95.2 cm³/mol. The first-order valence-electron chi connectivity index (χ1n) is 8.47. The smallest absolute Gasteiger partial charge is 0.229 e. The monoisotopic (exact) mass is 349 g/mol. The molecule has 0 aliphatic carbocycles. The molecule has 0 saturated carbocycles. The normalized spacial score (nSPS) is 25.5. The second-order valence-corrected chi connectivity index (χ2v) is 7.65. The Labute approximate surface area is 145 Å². The molecular weight excluding hydrogens is 326 g/mol. The minimum Gasteiger partial charge on any atom is -0.377 e. The summed E-state index contributed by atoms with van der Waals surface area (Å²) in [5, 5.41) is 1.02. The Bertz CT molecular complexity index is 737. The van der Waals surface area contributed by atoms with Gasteiger partial charge in [0.1, 0.15) is 5.52 Å². The van der Waals surface area contributed by atoms with Crippen molar-refractivity contribution in [1.82, 2.24) is 15.0 Å². The first kappa shape index (κ1) is 16.0. The SMILES string of the molecule is Cc1nc2c(N3CCOC[C@H]3C)nc(N3CCOC[C@@H]3C)nc2s1. The number of ether oxygens (including phenoxy) is 2. The van der Waals surface area contributed by atoms with Crippen molar-refractivity contribution in [3.05, 3.63) is 5.01 Å². The highest BCUT2D eigenvalue weighted by molar-refractivity contribution is 7.18. The highest BCUT2D eigenvalue weighted by Gasteiger charge is 2.28.